The topological polar surface area (TPSA) is 115 Å². The molecular weight excluding hydrogens is 380 g/mol. The number of aliphatic hydroxyl groups is 3. The normalized spacial score (nSPS) is 18.1. The van der Waals surface area contributed by atoms with E-state index in [0.717, 1.165) is 0 Å². The third-order valence-electron chi connectivity index (χ3n) is 4.11. The van der Waals surface area contributed by atoms with Crippen LogP contribution in [0.25, 0.3) is 0 Å². The van der Waals surface area contributed by atoms with Gasteiger partial charge in [0.2, 0.25) is 5.76 Å². The van der Waals surface area contributed by atoms with Crippen molar-refractivity contribution in [2.24, 2.45) is 0 Å². The summed E-state index contributed by atoms with van der Waals surface area (Å²) in [5.74, 6) is -0.799. The van der Waals surface area contributed by atoms with E-state index in [2.05, 4.69) is 0 Å². The number of hydrogen-bond acceptors (Lipinski definition) is 8. The third kappa shape index (κ3) is 5.40. The van der Waals surface area contributed by atoms with Crippen molar-refractivity contribution in [2.45, 2.75) is 18.3 Å². The molecule has 29 heavy (non-hydrogen) atoms. The molecule has 1 heterocycles. The van der Waals surface area contributed by atoms with Gasteiger partial charge in [0.25, 0.3) is 0 Å². The second-order valence-corrected chi connectivity index (χ2v) is 6.28. The largest absolute Gasteiger partial charge is 0.499 e. The Hall–Kier alpha value is -3.23. The summed E-state index contributed by atoms with van der Waals surface area (Å²) in [7, 11) is 0. The fourth-order valence-electron chi connectivity index (χ4n) is 2.66. The van der Waals surface area contributed by atoms with Crippen molar-refractivity contribution in [2.75, 3.05) is 19.8 Å². The van der Waals surface area contributed by atoms with Crippen molar-refractivity contribution in [3.63, 3.8) is 0 Å². The van der Waals surface area contributed by atoms with Gasteiger partial charge >= 0.3 is 5.97 Å². The van der Waals surface area contributed by atoms with Crippen LogP contribution in [0.2, 0.25) is 0 Å². The van der Waals surface area contributed by atoms with Crippen molar-refractivity contribution < 1.29 is 39.1 Å². The molecule has 0 radical (unpaired) electrons. The van der Waals surface area contributed by atoms with Gasteiger partial charge in [-0.25, -0.2) is 4.79 Å². The summed E-state index contributed by atoms with van der Waals surface area (Å²) in [5.41, 5.74) is 0. The van der Waals surface area contributed by atoms with E-state index in [0.29, 0.717) is 11.5 Å². The van der Waals surface area contributed by atoms with Gasteiger partial charge in [0, 0.05) is 0 Å². The summed E-state index contributed by atoms with van der Waals surface area (Å²) in [5, 5.41) is 28.8. The molecule has 0 saturated carbocycles. The zero-order chi connectivity index (χ0) is 20.6. The number of aliphatic hydroxyl groups excluding tert-OH is 3. The average molecular weight is 402 g/mol. The predicted molar refractivity (Wildman–Crippen MR) is 101 cm³/mol. The molecule has 2 aromatic carbocycles. The summed E-state index contributed by atoms with van der Waals surface area (Å²) in [4.78, 5) is 11.6. The van der Waals surface area contributed by atoms with Gasteiger partial charge in [-0.15, -0.1) is 0 Å². The van der Waals surface area contributed by atoms with Crippen LogP contribution in [-0.2, 0) is 14.3 Å². The summed E-state index contributed by atoms with van der Waals surface area (Å²) < 4.78 is 22.0. The van der Waals surface area contributed by atoms with Crippen LogP contribution < -0.4 is 9.47 Å². The quantitative estimate of drug-likeness (QED) is 0.513. The molecule has 8 heteroatoms. The van der Waals surface area contributed by atoms with Crippen molar-refractivity contribution in [3.8, 4) is 11.5 Å². The van der Waals surface area contributed by atoms with E-state index < -0.39 is 36.6 Å². The zero-order valence-electron chi connectivity index (χ0n) is 15.5. The highest BCUT2D eigenvalue weighted by Crippen LogP contribution is 2.25. The molecule has 3 rings (SSSR count). The van der Waals surface area contributed by atoms with Gasteiger partial charge in [-0.1, -0.05) is 36.4 Å². The number of para-hydroxylation sites is 2. The Morgan fingerprint density at radius 1 is 0.931 bits per heavy atom. The third-order valence-corrected chi connectivity index (χ3v) is 4.11. The number of hydrogen-bond donors (Lipinski definition) is 3. The number of benzene rings is 2. The van der Waals surface area contributed by atoms with Crippen LogP contribution in [-0.4, -0.2) is 59.4 Å². The maximum absolute atomic E-state index is 11.6. The smallest absolute Gasteiger partial charge is 0.378 e. The number of rotatable bonds is 10. The number of cyclic esters (lactones) is 1. The van der Waals surface area contributed by atoms with Crippen LogP contribution in [0.1, 0.15) is 0 Å². The van der Waals surface area contributed by atoms with Gasteiger partial charge in [-0.05, 0) is 24.3 Å². The molecule has 3 N–H and O–H groups in total. The van der Waals surface area contributed by atoms with Crippen LogP contribution in [0.4, 0.5) is 0 Å². The SMILES string of the molecule is O=C1O[C@H]([C@@H](O)CO)C(OCC(COc2ccccc2)Oc2ccccc2)=C1O. The fraction of sp³-hybridized carbons (Fsp3) is 0.286. The van der Waals surface area contributed by atoms with Crippen molar-refractivity contribution in [1.29, 1.82) is 0 Å². The zero-order valence-corrected chi connectivity index (χ0v) is 15.5. The Balaban J connectivity index is 1.69. The van der Waals surface area contributed by atoms with Gasteiger partial charge in [-0.3, -0.25) is 0 Å². The number of ether oxygens (including phenoxy) is 4. The first-order valence-corrected chi connectivity index (χ1v) is 9.04. The minimum absolute atomic E-state index is 0.105. The minimum atomic E-state index is -1.42. The molecule has 2 aromatic rings. The van der Waals surface area contributed by atoms with Gasteiger partial charge < -0.3 is 34.3 Å². The van der Waals surface area contributed by atoms with Crippen molar-refractivity contribution in [1.82, 2.24) is 0 Å². The second kappa shape index (κ2) is 9.81. The lowest BCUT2D eigenvalue weighted by Crippen LogP contribution is -2.35. The van der Waals surface area contributed by atoms with E-state index in [1.54, 1.807) is 24.3 Å². The maximum Gasteiger partial charge on any atom is 0.378 e. The lowest BCUT2D eigenvalue weighted by molar-refractivity contribution is -0.148. The fourth-order valence-corrected chi connectivity index (χ4v) is 2.66. The van der Waals surface area contributed by atoms with Crippen molar-refractivity contribution >= 4 is 5.97 Å². The highest BCUT2D eigenvalue weighted by molar-refractivity contribution is 5.89. The Bertz CT molecular complexity index is 821. The monoisotopic (exact) mass is 402 g/mol. The van der Waals surface area contributed by atoms with E-state index >= 15 is 0 Å². The Morgan fingerprint density at radius 2 is 1.52 bits per heavy atom. The van der Waals surface area contributed by atoms with Gasteiger partial charge in [0.15, 0.2) is 18.0 Å². The molecule has 0 amide bonds. The molecule has 0 aromatic heterocycles. The summed E-state index contributed by atoms with van der Waals surface area (Å²) in [6.45, 7) is -0.652. The highest BCUT2D eigenvalue weighted by Gasteiger charge is 2.41. The highest BCUT2D eigenvalue weighted by atomic mass is 16.6. The lowest BCUT2D eigenvalue weighted by atomic mass is 10.2. The standard InChI is InChI=1S/C21H22O8/c22-11-17(23)19-20(18(24)21(25)29-19)27-13-16(28-15-9-5-2-6-10-15)12-26-14-7-3-1-4-8-14/h1-10,16-17,19,22-24H,11-13H2/t16?,17-,19+/m0/s1. The number of carbonyl (C=O) groups excluding carboxylic acids is 1. The molecule has 3 atom stereocenters. The van der Waals surface area contributed by atoms with Crippen LogP contribution in [0, 0.1) is 0 Å². The van der Waals surface area contributed by atoms with E-state index in [4.69, 9.17) is 24.1 Å². The molecule has 0 aliphatic carbocycles. The second-order valence-electron chi connectivity index (χ2n) is 6.28. The first kappa shape index (κ1) is 20.5. The molecule has 0 bridgehead atoms. The summed E-state index contributed by atoms with van der Waals surface area (Å²) in [6, 6.07) is 18.2. The van der Waals surface area contributed by atoms with Gasteiger partial charge in [-0.2, -0.15) is 0 Å². The van der Waals surface area contributed by atoms with E-state index in [1.807, 2.05) is 36.4 Å². The predicted octanol–water partition coefficient (Wildman–Crippen LogP) is 1.58. The average Bonchev–Trinajstić information content (AvgIpc) is 3.05. The van der Waals surface area contributed by atoms with Crippen LogP contribution in [0.3, 0.4) is 0 Å². The molecule has 0 fully saturated rings. The first-order valence-electron chi connectivity index (χ1n) is 9.04. The van der Waals surface area contributed by atoms with E-state index in [9.17, 15) is 15.0 Å². The van der Waals surface area contributed by atoms with Crippen LogP contribution in [0.15, 0.2) is 72.2 Å². The number of esters is 1. The van der Waals surface area contributed by atoms with E-state index in [1.165, 1.54) is 0 Å². The molecular formula is C21H22O8. The molecule has 0 saturated heterocycles. The van der Waals surface area contributed by atoms with Gasteiger partial charge in [0.1, 0.15) is 30.8 Å². The summed E-state index contributed by atoms with van der Waals surface area (Å²) >= 11 is 0. The summed E-state index contributed by atoms with van der Waals surface area (Å²) in [6.07, 6.45) is -3.33. The molecule has 8 nitrogen and oxygen atoms in total. The Kier molecular flexibility index (Phi) is 6.94. The lowest BCUT2D eigenvalue weighted by Gasteiger charge is -2.23. The Morgan fingerprint density at radius 3 is 2.14 bits per heavy atom. The van der Waals surface area contributed by atoms with Crippen LogP contribution >= 0.6 is 0 Å². The molecule has 1 unspecified atom stereocenters. The molecule has 1 aliphatic rings. The minimum Gasteiger partial charge on any atom is -0.499 e. The Labute approximate surface area is 167 Å². The number of carbonyl (C=O) groups is 1. The van der Waals surface area contributed by atoms with Gasteiger partial charge in [0.05, 0.1) is 6.61 Å². The maximum atomic E-state index is 11.6. The first-order chi connectivity index (χ1) is 14.1. The molecule has 0 spiro atoms. The van der Waals surface area contributed by atoms with Crippen LogP contribution in [0.5, 0.6) is 11.5 Å². The van der Waals surface area contributed by atoms with Crippen molar-refractivity contribution in [3.05, 3.63) is 72.2 Å². The van der Waals surface area contributed by atoms with E-state index in [-0.39, 0.29) is 19.0 Å². The molecule has 1 aliphatic heterocycles. The molecule has 154 valence electrons.